The van der Waals surface area contributed by atoms with Crippen LogP contribution in [0.5, 0.6) is 0 Å². The second-order valence-corrected chi connectivity index (χ2v) is 5.31. The molecule has 3 rings (SSSR count). The normalized spacial score (nSPS) is 21.0. The molecule has 2 aliphatic heterocycles. The summed E-state index contributed by atoms with van der Waals surface area (Å²) in [5, 5.41) is 5.59. The molecule has 3 amide bonds. The highest BCUT2D eigenvalue weighted by molar-refractivity contribution is 6.01. The third-order valence-corrected chi connectivity index (χ3v) is 3.75. The second-order valence-electron chi connectivity index (χ2n) is 5.31. The number of nitrogens with one attached hydrogen (secondary N) is 2. The van der Waals surface area contributed by atoms with Gasteiger partial charge in [0.25, 0.3) is 5.91 Å². The van der Waals surface area contributed by atoms with Gasteiger partial charge in [-0.1, -0.05) is 35.9 Å². The van der Waals surface area contributed by atoms with E-state index in [9.17, 15) is 9.59 Å². The highest BCUT2D eigenvalue weighted by Crippen LogP contribution is 2.32. The Morgan fingerprint density at radius 3 is 2.95 bits per heavy atom. The van der Waals surface area contributed by atoms with Crippen LogP contribution >= 0.6 is 0 Å². The Morgan fingerprint density at radius 1 is 1.43 bits per heavy atom. The molecule has 0 fully saturated rings. The third kappa shape index (κ3) is 2.31. The average Bonchev–Trinajstić information content (AvgIpc) is 2.75. The van der Waals surface area contributed by atoms with Crippen molar-refractivity contribution >= 4 is 11.9 Å². The molecule has 21 heavy (non-hydrogen) atoms. The lowest BCUT2D eigenvalue weighted by Gasteiger charge is -2.25. The number of hydrogen-bond acceptors (Lipinski definition) is 2. The lowest BCUT2D eigenvalue weighted by atomic mass is 9.95. The van der Waals surface area contributed by atoms with Crippen LogP contribution in [-0.2, 0) is 4.79 Å². The minimum Gasteiger partial charge on any atom is -0.329 e. The van der Waals surface area contributed by atoms with Crippen LogP contribution in [0.2, 0.25) is 0 Å². The molecule has 1 aromatic carbocycles. The predicted molar refractivity (Wildman–Crippen MR) is 79.4 cm³/mol. The van der Waals surface area contributed by atoms with Gasteiger partial charge in [0.2, 0.25) is 0 Å². The van der Waals surface area contributed by atoms with Gasteiger partial charge in [0.05, 0.1) is 23.9 Å². The minimum atomic E-state index is -0.393. The smallest absolute Gasteiger partial charge is 0.319 e. The van der Waals surface area contributed by atoms with E-state index in [4.69, 9.17) is 0 Å². The molecule has 0 aliphatic carbocycles. The van der Waals surface area contributed by atoms with Gasteiger partial charge in [-0.2, -0.15) is 0 Å². The summed E-state index contributed by atoms with van der Waals surface area (Å²) < 4.78 is 0. The zero-order valence-corrected chi connectivity index (χ0v) is 11.8. The molecule has 0 spiro atoms. The Labute approximate surface area is 123 Å². The van der Waals surface area contributed by atoms with Gasteiger partial charge in [0.15, 0.2) is 0 Å². The Bertz CT molecular complexity index is 663. The second kappa shape index (κ2) is 5.09. The third-order valence-electron chi connectivity index (χ3n) is 3.75. The van der Waals surface area contributed by atoms with E-state index in [1.807, 2.05) is 31.2 Å². The number of hydrogen-bond donors (Lipinski definition) is 2. The van der Waals surface area contributed by atoms with Gasteiger partial charge in [-0.3, -0.25) is 4.79 Å². The summed E-state index contributed by atoms with van der Waals surface area (Å²) in [6.45, 7) is 6.55. The summed E-state index contributed by atoms with van der Waals surface area (Å²) in [5.41, 5.74) is 3.33. The van der Waals surface area contributed by atoms with Crippen molar-refractivity contribution in [1.29, 1.82) is 0 Å². The summed E-state index contributed by atoms with van der Waals surface area (Å²) in [6.07, 6.45) is 1.69. The molecule has 1 aromatic rings. The summed E-state index contributed by atoms with van der Waals surface area (Å²) in [4.78, 5) is 26.0. The molecule has 2 aliphatic rings. The highest BCUT2D eigenvalue weighted by Gasteiger charge is 2.39. The topological polar surface area (TPSA) is 61.4 Å². The number of benzene rings is 1. The Morgan fingerprint density at radius 2 is 2.24 bits per heavy atom. The first-order chi connectivity index (χ1) is 10.1. The molecule has 0 bridgehead atoms. The van der Waals surface area contributed by atoms with E-state index in [0.717, 1.165) is 11.1 Å². The molecule has 0 saturated heterocycles. The number of carbonyl (C=O) groups excluding carboxylic acids is 2. The van der Waals surface area contributed by atoms with E-state index in [2.05, 4.69) is 17.2 Å². The SMILES string of the molecule is C=CCN1CC2=C(C1=O)C(c1cccc(C)c1)NC(=O)N2. The highest BCUT2D eigenvalue weighted by atomic mass is 16.2. The maximum absolute atomic E-state index is 12.5. The molecule has 1 unspecified atom stereocenters. The molecular weight excluding hydrogens is 266 g/mol. The first-order valence-electron chi connectivity index (χ1n) is 6.87. The number of carbonyl (C=O) groups is 2. The van der Waals surface area contributed by atoms with Gasteiger partial charge < -0.3 is 15.5 Å². The van der Waals surface area contributed by atoms with E-state index in [1.54, 1.807) is 11.0 Å². The zero-order chi connectivity index (χ0) is 15.0. The lowest BCUT2D eigenvalue weighted by Crippen LogP contribution is -2.44. The summed E-state index contributed by atoms with van der Waals surface area (Å²) in [5.74, 6) is -0.0519. The average molecular weight is 283 g/mol. The fourth-order valence-corrected chi connectivity index (χ4v) is 2.83. The van der Waals surface area contributed by atoms with Gasteiger partial charge in [-0.25, -0.2) is 4.79 Å². The fraction of sp³-hybridized carbons (Fsp3) is 0.250. The number of amides is 3. The van der Waals surface area contributed by atoms with Gasteiger partial charge >= 0.3 is 6.03 Å². The molecule has 1 atom stereocenters. The predicted octanol–water partition coefficient (Wildman–Crippen LogP) is 1.63. The van der Waals surface area contributed by atoms with Crippen LogP contribution in [0, 0.1) is 6.92 Å². The van der Waals surface area contributed by atoms with Gasteiger partial charge in [-0.15, -0.1) is 6.58 Å². The molecule has 0 saturated carbocycles. The van der Waals surface area contributed by atoms with Crippen LogP contribution in [-0.4, -0.2) is 29.9 Å². The first-order valence-corrected chi connectivity index (χ1v) is 6.87. The van der Waals surface area contributed by atoms with Crippen molar-refractivity contribution in [2.45, 2.75) is 13.0 Å². The Balaban J connectivity index is 2.00. The van der Waals surface area contributed by atoms with Crippen LogP contribution in [0.3, 0.4) is 0 Å². The number of aryl methyl sites for hydroxylation is 1. The van der Waals surface area contributed by atoms with Crippen molar-refractivity contribution in [3.05, 3.63) is 59.3 Å². The molecule has 5 nitrogen and oxygen atoms in total. The first kappa shape index (κ1) is 13.4. The monoisotopic (exact) mass is 283 g/mol. The van der Waals surface area contributed by atoms with Crippen molar-refractivity contribution in [3.63, 3.8) is 0 Å². The van der Waals surface area contributed by atoms with E-state index < -0.39 is 6.04 Å². The van der Waals surface area contributed by atoms with Crippen LogP contribution in [0.1, 0.15) is 17.2 Å². The summed E-state index contributed by atoms with van der Waals surface area (Å²) in [7, 11) is 0. The fourth-order valence-electron chi connectivity index (χ4n) is 2.83. The molecular formula is C16H17N3O2. The van der Waals surface area contributed by atoms with Gasteiger partial charge in [0, 0.05) is 6.54 Å². The van der Waals surface area contributed by atoms with Crippen LogP contribution in [0.4, 0.5) is 4.79 Å². The van der Waals surface area contributed by atoms with Crippen molar-refractivity contribution in [3.8, 4) is 0 Å². The number of nitrogens with zero attached hydrogens (tertiary/aromatic N) is 1. The maximum atomic E-state index is 12.5. The van der Waals surface area contributed by atoms with Crippen molar-refractivity contribution < 1.29 is 9.59 Å². The largest absolute Gasteiger partial charge is 0.329 e. The molecule has 5 heteroatoms. The molecule has 0 radical (unpaired) electrons. The summed E-state index contributed by atoms with van der Waals surface area (Å²) >= 11 is 0. The standard InChI is InChI=1S/C16H17N3O2/c1-3-7-19-9-12-13(15(19)20)14(18-16(21)17-12)11-6-4-5-10(2)8-11/h3-6,8,14H,1,7,9H2,2H3,(H2,17,18,21). The van der Waals surface area contributed by atoms with Crippen LogP contribution in [0.15, 0.2) is 48.2 Å². The maximum Gasteiger partial charge on any atom is 0.319 e. The molecule has 2 heterocycles. The molecule has 2 N–H and O–H groups in total. The van der Waals surface area contributed by atoms with Crippen molar-refractivity contribution in [2.75, 3.05) is 13.1 Å². The number of urea groups is 1. The minimum absolute atomic E-state index is 0.0519. The lowest BCUT2D eigenvalue weighted by molar-refractivity contribution is -0.125. The summed E-state index contributed by atoms with van der Waals surface area (Å²) in [6, 6.07) is 7.17. The van der Waals surface area contributed by atoms with Gasteiger partial charge in [-0.05, 0) is 12.5 Å². The van der Waals surface area contributed by atoms with Crippen molar-refractivity contribution in [1.82, 2.24) is 15.5 Å². The van der Waals surface area contributed by atoms with Crippen molar-refractivity contribution in [2.24, 2.45) is 0 Å². The zero-order valence-electron chi connectivity index (χ0n) is 11.8. The van der Waals surface area contributed by atoms with E-state index in [-0.39, 0.29) is 11.9 Å². The van der Waals surface area contributed by atoms with E-state index in [0.29, 0.717) is 24.4 Å². The van der Waals surface area contributed by atoms with Gasteiger partial charge in [0.1, 0.15) is 0 Å². The van der Waals surface area contributed by atoms with Crippen LogP contribution < -0.4 is 10.6 Å². The molecule has 0 aromatic heterocycles. The quantitative estimate of drug-likeness (QED) is 0.828. The van der Waals surface area contributed by atoms with E-state index in [1.165, 1.54) is 0 Å². The Hall–Kier alpha value is -2.56. The number of rotatable bonds is 3. The molecule has 108 valence electrons. The Kier molecular flexibility index (Phi) is 3.25. The van der Waals surface area contributed by atoms with E-state index >= 15 is 0 Å². The van der Waals surface area contributed by atoms with Crippen LogP contribution in [0.25, 0.3) is 0 Å².